The van der Waals surface area contributed by atoms with E-state index in [-0.39, 0.29) is 17.4 Å². The summed E-state index contributed by atoms with van der Waals surface area (Å²) in [5.41, 5.74) is 1.20. The van der Waals surface area contributed by atoms with Crippen molar-refractivity contribution in [1.29, 1.82) is 0 Å². The normalized spacial score (nSPS) is 23.4. The lowest BCUT2D eigenvalue weighted by molar-refractivity contribution is -0.153. The minimum absolute atomic E-state index is 0.0531. The van der Waals surface area contributed by atoms with Crippen molar-refractivity contribution in [1.82, 2.24) is 24.6 Å². The Kier molecular flexibility index (Phi) is 4.82. The minimum Gasteiger partial charge on any atom is -0.480 e. The van der Waals surface area contributed by atoms with Crippen LogP contribution in [-0.4, -0.2) is 56.5 Å². The van der Waals surface area contributed by atoms with Gasteiger partial charge in [-0.3, -0.25) is 0 Å². The van der Waals surface area contributed by atoms with Crippen LogP contribution in [0.3, 0.4) is 0 Å². The summed E-state index contributed by atoms with van der Waals surface area (Å²) in [5, 5.41) is 7.83. The Labute approximate surface area is 176 Å². The molecule has 0 aromatic carbocycles. The number of nitrogens with zero attached hydrogens (tertiary/aromatic N) is 6. The monoisotopic (exact) mass is 433 g/mol. The summed E-state index contributed by atoms with van der Waals surface area (Å²) in [5.74, 6) is 2.21. The summed E-state index contributed by atoms with van der Waals surface area (Å²) in [6.07, 6.45) is 1.01. The van der Waals surface area contributed by atoms with Gasteiger partial charge in [-0.2, -0.15) is 18.2 Å². The number of rotatable bonds is 5. The highest BCUT2D eigenvalue weighted by Crippen LogP contribution is 2.39. The summed E-state index contributed by atoms with van der Waals surface area (Å²) in [6.45, 7) is 2.33. The molecule has 0 amide bonds. The number of aryl methyl sites for hydroxylation is 1. The van der Waals surface area contributed by atoms with Gasteiger partial charge in [-0.15, -0.1) is 5.10 Å². The Balaban J connectivity index is 1.31. The number of halogens is 3. The zero-order valence-electron chi connectivity index (χ0n) is 16.9. The molecule has 3 atom stereocenters. The molecular formula is C20H22F3N7O. The number of nitrogens with one attached hydrogen (secondary N) is 1. The molecule has 3 aromatic heterocycles. The minimum atomic E-state index is -4.41. The summed E-state index contributed by atoms with van der Waals surface area (Å²) in [6, 6.07) is 5.25. The molecule has 11 heteroatoms. The van der Waals surface area contributed by atoms with Crippen LogP contribution in [0.4, 0.5) is 24.9 Å². The van der Waals surface area contributed by atoms with Crippen molar-refractivity contribution in [3.8, 4) is 5.75 Å². The number of alkyl halides is 3. The third-order valence-electron chi connectivity index (χ3n) is 5.96. The molecule has 1 aliphatic heterocycles. The maximum Gasteiger partial charge on any atom is 0.422 e. The van der Waals surface area contributed by atoms with Crippen molar-refractivity contribution in [2.24, 2.45) is 11.8 Å². The van der Waals surface area contributed by atoms with E-state index in [4.69, 9.17) is 4.74 Å². The van der Waals surface area contributed by atoms with E-state index in [9.17, 15) is 13.2 Å². The van der Waals surface area contributed by atoms with Crippen LogP contribution < -0.4 is 15.0 Å². The molecule has 1 saturated carbocycles. The van der Waals surface area contributed by atoms with Crippen molar-refractivity contribution in [2.75, 3.05) is 29.9 Å². The van der Waals surface area contributed by atoms with Crippen LogP contribution in [0.25, 0.3) is 5.65 Å². The molecule has 164 valence electrons. The zero-order chi connectivity index (χ0) is 21.6. The topological polar surface area (TPSA) is 80.5 Å². The fourth-order valence-corrected chi connectivity index (χ4v) is 4.62. The molecule has 5 rings (SSSR count). The quantitative estimate of drug-likeness (QED) is 0.662. The largest absolute Gasteiger partial charge is 0.480 e. The lowest BCUT2D eigenvalue weighted by Gasteiger charge is -2.38. The van der Waals surface area contributed by atoms with Crippen LogP contribution in [-0.2, 0) is 0 Å². The Morgan fingerprint density at radius 2 is 1.97 bits per heavy atom. The molecule has 0 radical (unpaired) electrons. The third-order valence-corrected chi connectivity index (χ3v) is 5.96. The van der Waals surface area contributed by atoms with Gasteiger partial charge in [0.2, 0.25) is 5.95 Å². The number of aromatic nitrogens is 5. The molecule has 2 bridgehead atoms. The van der Waals surface area contributed by atoms with Crippen LogP contribution in [0.2, 0.25) is 0 Å². The van der Waals surface area contributed by atoms with Gasteiger partial charge in [0, 0.05) is 37.1 Å². The number of hydrogen-bond donors (Lipinski definition) is 1. The molecule has 8 nitrogen and oxygen atoms in total. The summed E-state index contributed by atoms with van der Waals surface area (Å²) >= 11 is 0. The number of piperidine rings is 1. The van der Waals surface area contributed by atoms with E-state index in [0.29, 0.717) is 17.8 Å². The summed E-state index contributed by atoms with van der Waals surface area (Å²) < 4.78 is 44.0. The molecular weight excluding hydrogens is 411 g/mol. The Morgan fingerprint density at radius 1 is 1.19 bits per heavy atom. The van der Waals surface area contributed by atoms with Gasteiger partial charge in [0.05, 0.1) is 0 Å². The summed E-state index contributed by atoms with van der Waals surface area (Å²) in [4.78, 5) is 15.3. The zero-order valence-corrected chi connectivity index (χ0v) is 16.9. The standard InChI is InChI=1S/C20H22F3N7O/c1-12-7-16(25-11-24-12)29-8-13-4-5-14(9-29)17(13)26-19-27-18-15(31-10-20(21,22)23)3-2-6-30(18)28-19/h2-3,6-7,11,13-14,17H,4-5,8-10H2,1H3,(H,26,28)/t13-,14+,17-. The van der Waals surface area contributed by atoms with Gasteiger partial charge in [0.1, 0.15) is 12.1 Å². The van der Waals surface area contributed by atoms with E-state index >= 15 is 0 Å². The van der Waals surface area contributed by atoms with Gasteiger partial charge in [0.15, 0.2) is 18.0 Å². The van der Waals surface area contributed by atoms with E-state index < -0.39 is 12.8 Å². The Morgan fingerprint density at radius 3 is 2.68 bits per heavy atom. The first-order valence-electron chi connectivity index (χ1n) is 10.2. The van der Waals surface area contributed by atoms with Crippen molar-refractivity contribution >= 4 is 17.4 Å². The smallest absolute Gasteiger partial charge is 0.422 e. The van der Waals surface area contributed by atoms with Gasteiger partial charge in [-0.05, 0) is 43.7 Å². The van der Waals surface area contributed by atoms with Gasteiger partial charge in [-0.25, -0.2) is 14.5 Å². The molecule has 2 aliphatic rings. The van der Waals surface area contributed by atoms with E-state index in [0.717, 1.165) is 37.4 Å². The number of hydrogen-bond acceptors (Lipinski definition) is 7. The lowest BCUT2D eigenvalue weighted by Crippen LogP contribution is -2.48. The second-order valence-corrected chi connectivity index (χ2v) is 8.17. The van der Waals surface area contributed by atoms with Crippen molar-refractivity contribution in [3.05, 3.63) is 36.4 Å². The highest BCUT2D eigenvalue weighted by molar-refractivity contribution is 5.56. The molecule has 31 heavy (non-hydrogen) atoms. The fourth-order valence-electron chi connectivity index (χ4n) is 4.62. The molecule has 0 unspecified atom stereocenters. The molecule has 3 aromatic rings. The van der Waals surface area contributed by atoms with E-state index in [2.05, 4.69) is 30.3 Å². The average molecular weight is 433 g/mol. The molecule has 2 fully saturated rings. The second kappa shape index (κ2) is 7.54. The van der Waals surface area contributed by atoms with E-state index in [1.807, 2.05) is 13.0 Å². The van der Waals surface area contributed by atoms with Gasteiger partial charge in [0.25, 0.3) is 0 Å². The van der Waals surface area contributed by atoms with Crippen LogP contribution in [0, 0.1) is 18.8 Å². The Hall–Kier alpha value is -3.11. The van der Waals surface area contributed by atoms with Crippen molar-refractivity contribution in [3.63, 3.8) is 0 Å². The van der Waals surface area contributed by atoms with Gasteiger partial charge < -0.3 is 15.0 Å². The fraction of sp³-hybridized carbons (Fsp3) is 0.500. The summed E-state index contributed by atoms with van der Waals surface area (Å²) in [7, 11) is 0. The third kappa shape index (κ3) is 4.08. The van der Waals surface area contributed by atoms with Gasteiger partial charge in [-0.1, -0.05) is 0 Å². The van der Waals surface area contributed by atoms with E-state index in [1.165, 1.54) is 10.6 Å². The van der Waals surface area contributed by atoms with Crippen molar-refractivity contribution < 1.29 is 17.9 Å². The number of pyridine rings is 1. The maximum absolute atomic E-state index is 12.5. The van der Waals surface area contributed by atoms with Crippen LogP contribution in [0.5, 0.6) is 5.75 Å². The first-order valence-corrected chi connectivity index (χ1v) is 10.2. The predicted molar refractivity (Wildman–Crippen MR) is 107 cm³/mol. The van der Waals surface area contributed by atoms with Crippen LogP contribution in [0.15, 0.2) is 30.7 Å². The lowest BCUT2D eigenvalue weighted by atomic mass is 9.92. The van der Waals surface area contributed by atoms with Crippen LogP contribution >= 0.6 is 0 Å². The molecule has 1 saturated heterocycles. The highest BCUT2D eigenvalue weighted by Gasteiger charge is 2.43. The molecule has 0 spiro atoms. The first kappa shape index (κ1) is 19.8. The molecule has 1 aliphatic carbocycles. The number of anilines is 2. The highest BCUT2D eigenvalue weighted by atomic mass is 19.4. The Bertz CT molecular complexity index is 1070. The average Bonchev–Trinajstić information content (AvgIpc) is 3.22. The maximum atomic E-state index is 12.5. The van der Waals surface area contributed by atoms with Crippen molar-refractivity contribution in [2.45, 2.75) is 32.0 Å². The molecule has 4 heterocycles. The molecule has 1 N–H and O–H groups in total. The van der Waals surface area contributed by atoms with Gasteiger partial charge >= 0.3 is 6.18 Å². The number of ether oxygens (including phenoxy) is 1. The SMILES string of the molecule is Cc1cc(N2C[C@H]3CC[C@@H](C2)[C@@H]3Nc2nc3c(OCC(F)(F)F)cccn3n2)ncn1. The van der Waals surface area contributed by atoms with Crippen LogP contribution in [0.1, 0.15) is 18.5 Å². The van der Waals surface area contributed by atoms with E-state index in [1.54, 1.807) is 18.6 Å². The number of fused-ring (bicyclic) bond motifs is 3. The first-order chi connectivity index (χ1) is 14.9. The predicted octanol–water partition coefficient (Wildman–Crippen LogP) is 3.10. The second-order valence-electron chi connectivity index (χ2n) is 8.17.